The maximum atomic E-state index is 14.6. The molecule has 2 aromatic carbocycles. The van der Waals surface area contributed by atoms with Crippen LogP contribution in [0.4, 0.5) is 18.2 Å². The van der Waals surface area contributed by atoms with E-state index in [-0.39, 0.29) is 27.8 Å². The van der Waals surface area contributed by atoms with Gasteiger partial charge in [-0.25, -0.2) is 9.59 Å². The third-order valence-electron chi connectivity index (χ3n) is 5.29. The monoisotopic (exact) mass is 554 g/mol. The lowest BCUT2D eigenvalue weighted by Gasteiger charge is -2.34. The number of alkyl halides is 3. The van der Waals surface area contributed by atoms with E-state index in [1.54, 1.807) is 49.5 Å². The van der Waals surface area contributed by atoms with Crippen LogP contribution in [0, 0.1) is 6.92 Å². The SMILES string of the molecule is CCOC(=O)c1c(NC(NC(=O)c2ccc(Cl)cc2)(C(=O)OC)C(F)(F)F)sc(-c2ccccc2)c1C. The van der Waals surface area contributed by atoms with Crippen LogP contribution in [0.3, 0.4) is 0 Å². The predicted octanol–water partition coefficient (Wildman–Crippen LogP) is 5.83. The number of esters is 2. The van der Waals surface area contributed by atoms with E-state index in [4.69, 9.17) is 16.3 Å². The van der Waals surface area contributed by atoms with Crippen molar-refractivity contribution in [1.29, 1.82) is 0 Å². The molecule has 7 nitrogen and oxygen atoms in total. The normalized spacial score (nSPS) is 12.8. The van der Waals surface area contributed by atoms with E-state index in [1.165, 1.54) is 24.3 Å². The van der Waals surface area contributed by atoms with Crippen molar-refractivity contribution in [3.05, 3.63) is 76.3 Å². The molecule has 12 heteroatoms. The zero-order valence-corrected chi connectivity index (χ0v) is 21.4. The number of benzene rings is 2. The van der Waals surface area contributed by atoms with Crippen LogP contribution in [0.5, 0.6) is 0 Å². The molecule has 1 aromatic heterocycles. The van der Waals surface area contributed by atoms with Gasteiger partial charge in [0.05, 0.1) is 19.3 Å². The Morgan fingerprint density at radius 2 is 1.65 bits per heavy atom. The van der Waals surface area contributed by atoms with Gasteiger partial charge in [-0.15, -0.1) is 11.3 Å². The summed E-state index contributed by atoms with van der Waals surface area (Å²) in [6.07, 6.45) is -5.40. The lowest BCUT2D eigenvalue weighted by Crippen LogP contribution is -2.69. The van der Waals surface area contributed by atoms with Gasteiger partial charge in [-0.05, 0) is 49.2 Å². The van der Waals surface area contributed by atoms with Gasteiger partial charge in [-0.3, -0.25) is 4.79 Å². The Morgan fingerprint density at radius 1 is 1.03 bits per heavy atom. The van der Waals surface area contributed by atoms with Crippen molar-refractivity contribution in [3.8, 4) is 10.4 Å². The van der Waals surface area contributed by atoms with Crippen molar-refractivity contribution in [2.24, 2.45) is 0 Å². The summed E-state index contributed by atoms with van der Waals surface area (Å²) < 4.78 is 53.5. The summed E-state index contributed by atoms with van der Waals surface area (Å²) in [6.45, 7) is 3.06. The molecule has 1 heterocycles. The zero-order valence-electron chi connectivity index (χ0n) is 19.9. The van der Waals surface area contributed by atoms with Gasteiger partial charge in [-0.1, -0.05) is 41.9 Å². The minimum Gasteiger partial charge on any atom is -0.466 e. The van der Waals surface area contributed by atoms with Gasteiger partial charge >= 0.3 is 23.8 Å². The van der Waals surface area contributed by atoms with Crippen molar-refractivity contribution in [3.63, 3.8) is 0 Å². The fourth-order valence-corrected chi connectivity index (χ4v) is 4.86. The number of rotatable bonds is 8. The molecule has 0 aliphatic rings. The smallest absolute Gasteiger partial charge is 0.441 e. The standard InChI is InChI=1S/C25H22ClF3N2O5S/c1-4-36-22(33)18-14(2)19(15-8-6-5-7-9-15)37-21(18)31-24(23(34)35-3,25(27,28)29)30-20(32)16-10-12-17(26)13-11-16/h5-13,31H,4H2,1-3H3,(H,30,32). The average molecular weight is 555 g/mol. The maximum Gasteiger partial charge on any atom is 0.441 e. The number of halogens is 4. The van der Waals surface area contributed by atoms with Crippen molar-refractivity contribution in [1.82, 2.24) is 5.32 Å². The first-order chi connectivity index (χ1) is 17.4. The van der Waals surface area contributed by atoms with E-state index >= 15 is 0 Å². The summed E-state index contributed by atoms with van der Waals surface area (Å²) >= 11 is 6.60. The van der Waals surface area contributed by atoms with Gasteiger partial charge in [0.1, 0.15) is 5.00 Å². The Balaban J connectivity index is 2.19. The van der Waals surface area contributed by atoms with Gasteiger partial charge in [0, 0.05) is 15.5 Å². The highest BCUT2D eigenvalue weighted by atomic mass is 35.5. The molecule has 3 rings (SSSR count). The third kappa shape index (κ3) is 5.72. The Morgan fingerprint density at radius 3 is 2.19 bits per heavy atom. The predicted molar refractivity (Wildman–Crippen MR) is 134 cm³/mol. The van der Waals surface area contributed by atoms with E-state index in [1.807, 2.05) is 0 Å². The minimum absolute atomic E-state index is 0.0387. The first kappa shape index (κ1) is 28.0. The number of thiophene rings is 1. The van der Waals surface area contributed by atoms with E-state index in [9.17, 15) is 27.6 Å². The fraction of sp³-hybridized carbons (Fsp3) is 0.240. The highest BCUT2D eigenvalue weighted by Crippen LogP contribution is 2.43. The number of ether oxygens (including phenoxy) is 2. The second-order valence-corrected chi connectivity index (χ2v) is 9.13. The van der Waals surface area contributed by atoms with Crippen molar-refractivity contribution in [2.75, 3.05) is 19.0 Å². The molecule has 0 radical (unpaired) electrons. The molecule has 0 bridgehead atoms. The largest absolute Gasteiger partial charge is 0.466 e. The Hall–Kier alpha value is -3.57. The highest BCUT2D eigenvalue weighted by Gasteiger charge is 2.64. The summed E-state index contributed by atoms with van der Waals surface area (Å²) in [5.74, 6) is -3.98. The molecule has 0 saturated heterocycles. The average Bonchev–Trinajstić information content (AvgIpc) is 3.18. The molecule has 2 N–H and O–H groups in total. The second-order valence-electron chi connectivity index (χ2n) is 7.67. The molecule has 0 saturated carbocycles. The zero-order chi connectivity index (χ0) is 27.4. The fourth-order valence-electron chi connectivity index (χ4n) is 3.47. The molecule has 1 atom stereocenters. The lowest BCUT2D eigenvalue weighted by atomic mass is 10.1. The molecule has 0 fully saturated rings. The summed E-state index contributed by atoms with van der Waals surface area (Å²) in [5.41, 5.74) is -3.18. The number of hydrogen-bond donors (Lipinski definition) is 2. The number of anilines is 1. The quantitative estimate of drug-likeness (QED) is 0.269. The van der Waals surface area contributed by atoms with E-state index in [0.29, 0.717) is 16.0 Å². The summed E-state index contributed by atoms with van der Waals surface area (Å²) in [6, 6.07) is 13.7. The van der Waals surface area contributed by atoms with Crippen LogP contribution in [0.2, 0.25) is 5.02 Å². The van der Waals surface area contributed by atoms with E-state index in [2.05, 4.69) is 10.1 Å². The maximum absolute atomic E-state index is 14.6. The molecule has 37 heavy (non-hydrogen) atoms. The third-order valence-corrected chi connectivity index (χ3v) is 6.80. The molecular formula is C25H22ClF3N2O5S. The highest BCUT2D eigenvalue weighted by molar-refractivity contribution is 7.20. The van der Waals surface area contributed by atoms with Gasteiger partial charge in [0.2, 0.25) is 0 Å². The van der Waals surface area contributed by atoms with Gasteiger partial charge in [-0.2, -0.15) is 13.2 Å². The molecule has 3 aromatic rings. The van der Waals surface area contributed by atoms with Crippen molar-refractivity contribution >= 4 is 45.8 Å². The Labute approximate surface area is 219 Å². The van der Waals surface area contributed by atoms with Crippen LogP contribution in [-0.4, -0.2) is 43.4 Å². The van der Waals surface area contributed by atoms with Crippen molar-refractivity contribution in [2.45, 2.75) is 25.7 Å². The molecule has 1 amide bonds. The first-order valence-corrected chi connectivity index (χ1v) is 12.0. The van der Waals surface area contributed by atoms with Crippen LogP contribution in [0.25, 0.3) is 10.4 Å². The summed E-state index contributed by atoms with van der Waals surface area (Å²) in [7, 11) is 0.750. The summed E-state index contributed by atoms with van der Waals surface area (Å²) in [5, 5.41) is 3.75. The van der Waals surface area contributed by atoms with Crippen LogP contribution < -0.4 is 10.6 Å². The molecule has 1 unspecified atom stereocenters. The number of nitrogens with one attached hydrogen (secondary N) is 2. The van der Waals surface area contributed by atoms with Crippen LogP contribution in [0.15, 0.2) is 54.6 Å². The number of amides is 1. The Kier molecular flexibility index (Phi) is 8.49. The van der Waals surface area contributed by atoms with Crippen LogP contribution in [-0.2, 0) is 14.3 Å². The number of hydrogen-bond acceptors (Lipinski definition) is 7. The van der Waals surface area contributed by atoms with Gasteiger partial charge < -0.3 is 20.1 Å². The number of methoxy groups -OCH3 is 1. The van der Waals surface area contributed by atoms with Crippen LogP contribution in [0.1, 0.15) is 33.2 Å². The van der Waals surface area contributed by atoms with E-state index < -0.39 is 29.7 Å². The van der Waals surface area contributed by atoms with E-state index in [0.717, 1.165) is 18.4 Å². The van der Waals surface area contributed by atoms with Gasteiger partial charge in [0.25, 0.3) is 5.91 Å². The molecule has 0 spiro atoms. The second kappa shape index (κ2) is 11.2. The number of carbonyl (C=O) groups excluding carboxylic acids is 3. The Bertz CT molecular complexity index is 1300. The van der Waals surface area contributed by atoms with Crippen LogP contribution >= 0.6 is 22.9 Å². The number of carbonyl (C=O) groups is 3. The minimum atomic E-state index is -5.40. The van der Waals surface area contributed by atoms with Gasteiger partial charge in [0.15, 0.2) is 0 Å². The first-order valence-electron chi connectivity index (χ1n) is 10.8. The molecular weight excluding hydrogens is 533 g/mol. The molecule has 196 valence electrons. The topological polar surface area (TPSA) is 93.7 Å². The molecule has 0 aliphatic carbocycles. The lowest BCUT2D eigenvalue weighted by molar-refractivity contribution is -0.203. The summed E-state index contributed by atoms with van der Waals surface area (Å²) in [4.78, 5) is 38.9. The molecule has 0 aliphatic heterocycles. The van der Waals surface area contributed by atoms with Crippen molar-refractivity contribution < 1.29 is 37.0 Å².